The highest BCUT2D eigenvalue weighted by Crippen LogP contribution is 2.38. The van der Waals surface area contributed by atoms with E-state index in [4.69, 9.17) is 11.6 Å². The lowest BCUT2D eigenvalue weighted by molar-refractivity contribution is -0.163. The zero-order chi connectivity index (χ0) is 75.5. The van der Waals surface area contributed by atoms with Gasteiger partial charge in [-0.3, -0.25) is 57.5 Å². The normalized spacial score (nSPS) is 25.5. The van der Waals surface area contributed by atoms with Crippen molar-refractivity contribution in [1.82, 2.24) is 60.0 Å². The molecule has 2 saturated carbocycles. The van der Waals surface area contributed by atoms with Crippen LogP contribution < -0.4 is 16.0 Å². The summed E-state index contributed by atoms with van der Waals surface area (Å²) in [6.45, 7) is 3.28. The summed E-state index contributed by atoms with van der Waals surface area (Å²) in [5.74, 6) is -11.8. The van der Waals surface area contributed by atoms with Gasteiger partial charge in [-0.15, -0.1) is 0 Å². The average molecular weight is 1460 g/mol. The third-order valence-electron chi connectivity index (χ3n) is 21.1. The maximum atomic E-state index is 15.7. The highest BCUT2D eigenvalue weighted by atomic mass is 35.5. The lowest BCUT2D eigenvalue weighted by atomic mass is 9.81. The number of fused-ring (bicyclic) bond motifs is 1. The second-order valence-corrected chi connectivity index (χ2v) is 28.9. The molecule has 2 aromatic carbocycles. The van der Waals surface area contributed by atoms with Crippen LogP contribution in [0, 0.1) is 18.8 Å². The highest BCUT2D eigenvalue weighted by Gasteiger charge is 2.52. The molecule has 2 aliphatic carbocycles. The monoisotopic (exact) mass is 1460 g/mol. The summed E-state index contributed by atoms with van der Waals surface area (Å²) in [7, 11) is 8.65. The summed E-state index contributed by atoms with van der Waals surface area (Å²) in [5, 5.41) is 7.50. The third kappa shape index (κ3) is 20.2. The van der Waals surface area contributed by atoms with E-state index in [1.165, 1.54) is 70.0 Å². The lowest BCUT2D eigenvalue weighted by Gasteiger charge is -2.43. The standard InChI is InChI=1S/C71H99ClF6N12O12/c1-11-44(3)59-66(100)84(6)41-57(93)82(4)42-58(94)85(7)52(37-46-25-23-43(2)24-26-46)64(98)83(5)40-55(91)79-50(30-28-45-27-29-48(49(72)36-45)71(76,77)78)63(97)90-35-19-22-51(90)62(96)81-69(31-15-16-32-69)68(102)88(10)60(47-20-13-12-14-21-47)67(101)87(9)53(65(99)89-33-17-18-34-89)38-56(92)86(8)54(61(95)80-59)39-70(73,74)75/h23-27,29,36,44,47,50-54,59-60H,11-22,28,30-35,37-42H2,1-10H3,(H,79,91)(H,80,95)(H,81,96)/t44-,50-,51-,52-,53-,54-,59-,60-/m0/s1. The predicted molar refractivity (Wildman–Crippen MR) is 364 cm³/mol. The van der Waals surface area contributed by atoms with E-state index in [1.54, 1.807) is 31.2 Å². The molecule has 31 heteroatoms. The van der Waals surface area contributed by atoms with Crippen molar-refractivity contribution in [1.29, 1.82) is 0 Å². The van der Waals surface area contributed by atoms with Crippen LogP contribution in [0.3, 0.4) is 0 Å². The molecule has 5 fully saturated rings. The van der Waals surface area contributed by atoms with E-state index in [2.05, 4.69) is 16.0 Å². The summed E-state index contributed by atoms with van der Waals surface area (Å²) in [4.78, 5) is 187. The van der Waals surface area contributed by atoms with Crippen molar-refractivity contribution >= 4 is 82.5 Å². The fourth-order valence-corrected chi connectivity index (χ4v) is 14.9. The number of halogens is 7. The second-order valence-electron chi connectivity index (χ2n) is 28.5. The van der Waals surface area contributed by atoms with Crippen LogP contribution in [0.4, 0.5) is 26.3 Å². The maximum Gasteiger partial charge on any atom is 0.417 e. The van der Waals surface area contributed by atoms with Gasteiger partial charge in [-0.05, 0) is 106 Å². The fourth-order valence-electron chi connectivity index (χ4n) is 14.6. The number of hydrogen-bond acceptors (Lipinski definition) is 12. The fraction of sp³-hybridized carbons (Fsp3) is 0.662. The molecule has 3 N–H and O–H groups in total. The number of rotatable bonds is 10. The largest absolute Gasteiger partial charge is 0.417 e. The lowest BCUT2D eigenvalue weighted by Crippen LogP contribution is -2.65. The molecule has 564 valence electrons. The number of amides is 12. The Morgan fingerprint density at radius 1 is 0.618 bits per heavy atom. The van der Waals surface area contributed by atoms with Crippen LogP contribution in [0.25, 0.3) is 0 Å². The average Bonchev–Trinajstić information content (AvgIpc) is 1.40. The van der Waals surface area contributed by atoms with Crippen LogP contribution in [0.1, 0.15) is 145 Å². The topological polar surface area (TPSA) is 270 Å². The van der Waals surface area contributed by atoms with Crippen LogP contribution in [0.5, 0.6) is 0 Å². The molecular formula is C71H99ClF6N12O12. The minimum Gasteiger partial charge on any atom is -0.343 e. The Kier molecular flexibility index (Phi) is 27.8. The number of likely N-dealkylation sites (tertiary alicyclic amines) is 1. The number of alkyl halides is 6. The molecule has 5 aliphatic rings. The number of hydrogen-bond donors (Lipinski definition) is 3. The molecule has 0 radical (unpaired) electrons. The summed E-state index contributed by atoms with van der Waals surface area (Å²) in [6.07, 6.45) is -7.61. The first-order valence-electron chi connectivity index (χ1n) is 35.2. The zero-order valence-corrected chi connectivity index (χ0v) is 60.7. The van der Waals surface area contributed by atoms with E-state index in [0.717, 1.165) is 55.7 Å². The SMILES string of the molecule is CC[C@H](C)[C@@H]1NC(=O)[C@H](CC(F)(F)F)N(C)C(=O)C[C@@H](C(=O)N2CCCC2)N(C)C(=O)[C@H](C2CCCCC2)N(C)C(=O)C2(CCCC2)NC(=O)[C@@H]2CCCN2C(=O)[C@H](CCc2ccc(C(F)(F)F)c(Cl)c2)NC(=O)CN(C)C(=O)[C@H](Cc2ccc(C)cc2)N(C)C(=O)CN(C)C(=O)CN(C)C1=O. The molecule has 8 atom stereocenters. The number of nitrogens with one attached hydrogen (secondary N) is 3. The van der Waals surface area contributed by atoms with Gasteiger partial charge in [-0.2, -0.15) is 26.3 Å². The zero-order valence-electron chi connectivity index (χ0n) is 60.0. The molecule has 3 heterocycles. The molecular weight excluding hydrogens is 1360 g/mol. The Balaban J connectivity index is 1.30. The van der Waals surface area contributed by atoms with Gasteiger partial charge in [0.1, 0.15) is 47.8 Å². The first-order valence-corrected chi connectivity index (χ1v) is 35.5. The van der Waals surface area contributed by atoms with E-state index >= 15 is 19.2 Å². The van der Waals surface area contributed by atoms with Crippen LogP contribution in [-0.2, 0) is 76.6 Å². The molecule has 102 heavy (non-hydrogen) atoms. The Morgan fingerprint density at radius 3 is 1.81 bits per heavy atom. The first kappa shape index (κ1) is 81.3. The van der Waals surface area contributed by atoms with Gasteiger partial charge >= 0.3 is 12.4 Å². The second kappa shape index (κ2) is 35.0. The minimum absolute atomic E-state index is 0.0274. The van der Waals surface area contributed by atoms with Crippen molar-refractivity contribution in [3.63, 3.8) is 0 Å². The van der Waals surface area contributed by atoms with Crippen molar-refractivity contribution in [3.05, 3.63) is 69.7 Å². The summed E-state index contributed by atoms with van der Waals surface area (Å²) in [5.41, 5.74) is -1.07. The highest BCUT2D eigenvalue weighted by molar-refractivity contribution is 6.31. The van der Waals surface area contributed by atoms with E-state index in [9.17, 15) is 64.7 Å². The van der Waals surface area contributed by atoms with Crippen LogP contribution >= 0.6 is 11.6 Å². The van der Waals surface area contributed by atoms with Gasteiger partial charge < -0.3 is 60.0 Å². The number of carbonyl (C=O) groups is 12. The molecule has 1 spiro atoms. The van der Waals surface area contributed by atoms with Crippen LogP contribution in [0.2, 0.25) is 5.02 Å². The van der Waals surface area contributed by atoms with Gasteiger partial charge in [0, 0.05) is 75.4 Å². The van der Waals surface area contributed by atoms with Gasteiger partial charge in [0.15, 0.2) is 0 Å². The van der Waals surface area contributed by atoms with Crippen LogP contribution in [-0.4, -0.2) is 258 Å². The summed E-state index contributed by atoms with van der Waals surface area (Å²) >= 11 is 6.13. The molecule has 24 nitrogen and oxygen atoms in total. The van der Waals surface area contributed by atoms with Gasteiger partial charge in [-0.25, -0.2) is 0 Å². The van der Waals surface area contributed by atoms with Gasteiger partial charge in [0.05, 0.1) is 43.1 Å². The van der Waals surface area contributed by atoms with E-state index < -0.39 is 186 Å². The smallest absolute Gasteiger partial charge is 0.343 e. The molecule has 0 bridgehead atoms. The van der Waals surface area contributed by atoms with Crippen molar-refractivity contribution in [2.24, 2.45) is 11.8 Å². The van der Waals surface area contributed by atoms with Crippen molar-refractivity contribution in [3.8, 4) is 0 Å². The number of carbonyl (C=O) groups excluding carboxylic acids is 12. The number of likely N-dealkylation sites (N-methyl/N-ethyl adjacent to an activating group) is 7. The molecule has 3 aliphatic heterocycles. The van der Waals surface area contributed by atoms with Crippen molar-refractivity contribution in [2.75, 3.05) is 88.6 Å². The quantitative estimate of drug-likeness (QED) is 0.248. The van der Waals surface area contributed by atoms with Crippen LogP contribution in [0.15, 0.2) is 42.5 Å². The number of benzene rings is 2. The van der Waals surface area contributed by atoms with Gasteiger partial charge in [-0.1, -0.05) is 99.9 Å². The number of nitrogens with zero attached hydrogens (tertiary/aromatic N) is 9. The Morgan fingerprint density at radius 2 is 1.22 bits per heavy atom. The first-order chi connectivity index (χ1) is 47.9. The Labute approximate surface area is 597 Å². The van der Waals surface area contributed by atoms with Gasteiger partial charge in [0.2, 0.25) is 70.9 Å². The Bertz CT molecular complexity index is 3400. The third-order valence-corrected chi connectivity index (χ3v) is 21.4. The van der Waals surface area contributed by atoms with Crippen molar-refractivity contribution in [2.45, 2.75) is 203 Å². The molecule has 12 amide bonds. The molecule has 0 aromatic heterocycles. The number of aryl methyl sites for hydroxylation is 2. The predicted octanol–water partition coefficient (Wildman–Crippen LogP) is 5.52. The summed E-state index contributed by atoms with van der Waals surface area (Å²) in [6, 6.07) is -1.03. The van der Waals surface area contributed by atoms with Gasteiger partial charge in [0.25, 0.3) is 0 Å². The molecule has 3 saturated heterocycles. The molecule has 2 aromatic rings. The molecule has 7 rings (SSSR count). The van der Waals surface area contributed by atoms with E-state index in [-0.39, 0.29) is 76.6 Å². The minimum atomic E-state index is -5.10. The maximum absolute atomic E-state index is 15.7. The summed E-state index contributed by atoms with van der Waals surface area (Å²) < 4.78 is 85.9. The van der Waals surface area contributed by atoms with Crippen molar-refractivity contribution < 1.29 is 83.9 Å². The van der Waals surface area contributed by atoms with E-state index in [1.807, 2.05) is 6.92 Å². The van der Waals surface area contributed by atoms with E-state index in [0.29, 0.717) is 61.8 Å². The Hall–Kier alpha value is -8.05. The molecule has 0 unspecified atom stereocenters.